The van der Waals surface area contributed by atoms with Crippen LogP contribution in [-0.2, 0) is 9.53 Å². The van der Waals surface area contributed by atoms with E-state index in [1.807, 2.05) is 55.5 Å². The third kappa shape index (κ3) is 3.83. The average Bonchev–Trinajstić information content (AvgIpc) is 2.50. The zero-order valence-electron chi connectivity index (χ0n) is 12.4. The Bertz CT molecular complexity index is 608. The van der Waals surface area contributed by atoms with Gasteiger partial charge in [0.25, 0.3) is 5.91 Å². The van der Waals surface area contributed by atoms with Crippen molar-refractivity contribution in [1.29, 1.82) is 0 Å². The van der Waals surface area contributed by atoms with Crippen molar-refractivity contribution >= 4 is 5.91 Å². The molecular weight excluding hydrogens is 266 g/mol. The molecule has 0 aliphatic rings. The average molecular weight is 285 g/mol. The van der Waals surface area contributed by atoms with Crippen molar-refractivity contribution in [3.63, 3.8) is 0 Å². The summed E-state index contributed by atoms with van der Waals surface area (Å²) in [6, 6.07) is 15.1. The van der Waals surface area contributed by atoms with E-state index < -0.39 is 6.10 Å². The molecule has 1 N–H and O–H groups in total. The molecule has 1 atom stereocenters. The maximum Gasteiger partial charge on any atom is 0.253 e. The van der Waals surface area contributed by atoms with Crippen LogP contribution < -0.4 is 10.1 Å². The molecular formula is C17H19NO3. The molecule has 21 heavy (non-hydrogen) atoms. The van der Waals surface area contributed by atoms with Crippen LogP contribution in [0.25, 0.3) is 0 Å². The lowest BCUT2D eigenvalue weighted by molar-refractivity contribution is -0.130. The molecule has 2 rings (SSSR count). The molecule has 4 nitrogen and oxygen atoms in total. The molecule has 0 fully saturated rings. The van der Waals surface area contributed by atoms with Crippen LogP contribution in [0.15, 0.2) is 48.5 Å². The second-order valence-electron chi connectivity index (χ2n) is 4.72. The minimum atomic E-state index is -0.642. The summed E-state index contributed by atoms with van der Waals surface area (Å²) in [5.74, 6) is 1.24. The Morgan fingerprint density at radius 1 is 1.10 bits per heavy atom. The first-order chi connectivity index (χ1) is 10.1. The molecule has 1 amide bonds. The van der Waals surface area contributed by atoms with Gasteiger partial charge in [-0.25, -0.2) is 0 Å². The van der Waals surface area contributed by atoms with Gasteiger partial charge in [0.05, 0.1) is 0 Å². The van der Waals surface area contributed by atoms with Crippen LogP contribution in [0, 0.1) is 6.92 Å². The quantitative estimate of drug-likeness (QED) is 0.917. The van der Waals surface area contributed by atoms with Gasteiger partial charge in [-0.15, -0.1) is 0 Å². The zero-order chi connectivity index (χ0) is 15.2. The fraction of sp³-hybridized carbons (Fsp3) is 0.235. The highest BCUT2D eigenvalue weighted by Crippen LogP contribution is 2.26. The lowest BCUT2D eigenvalue weighted by atomic mass is 10.1. The van der Waals surface area contributed by atoms with Gasteiger partial charge in [0.2, 0.25) is 0 Å². The number of methoxy groups -OCH3 is 1. The first-order valence-electron chi connectivity index (χ1n) is 6.73. The summed E-state index contributed by atoms with van der Waals surface area (Å²) in [7, 11) is 3.09. The minimum absolute atomic E-state index is 0.190. The van der Waals surface area contributed by atoms with E-state index in [0.717, 1.165) is 11.3 Å². The first-order valence-corrected chi connectivity index (χ1v) is 6.73. The Balaban J connectivity index is 2.20. The van der Waals surface area contributed by atoms with Crippen molar-refractivity contribution in [3.05, 3.63) is 59.7 Å². The molecule has 0 spiro atoms. The maximum absolute atomic E-state index is 11.8. The van der Waals surface area contributed by atoms with E-state index in [2.05, 4.69) is 5.32 Å². The number of aryl methyl sites for hydroxylation is 1. The molecule has 110 valence electrons. The highest BCUT2D eigenvalue weighted by molar-refractivity contribution is 5.82. The molecule has 0 bridgehead atoms. The summed E-state index contributed by atoms with van der Waals surface area (Å²) in [6.45, 7) is 2.02. The van der Waals surface area contributed by atoms with Crippen molar-refractivity contribution in [2.45, 2.75) is 13.0 Å². The van der Waals surface area contributed by atoms with Crippen molar-refractivity contribution in [2.75, 3.05) is 14.2 Å². The largest absolute Gasteiger partial charge is 0.457 e. The number of hydrogen-bond donors (Lipinski definition) is 1. The Morgan fingerprint density at radius 2 is 1.81 bits per heavy atom. The summed E-state index contributed by atoms with van der Waals surface area (Å²) in [5, 5.41) is 2.59. The van der Waals surface area contributed by atoms with Crippen LogP contribution >= 0.6 is 0 Å². The molecule has 2 aromatic rings. The monoisotopic (exact) mass is 285 g/mol. The summed E-state index contributed by atoms with van der Waals surface area (Å²) < 4.78 is 11.0. The third-order valence-electron chi connectivity index (χ3n) is 3.14. The Kier molecular flexibility index (Phi) is 4.95. The molecule has 0 aromatic heterocycles. The number of carbonyl (C=O) groups excluding carboxylic acids is 1. The third-order valence-corrected chi connectivity index (χ3v) is 3.14. The van der Waals surface area contributed by atoms with Crippen LogP contribution in [0.2, 0.25) is 0 Å². The van der Waals surface area contributed by atoms with Crippen LogP contribution in [0.5, 0.6) is 11.5 Å². The van der Waals surface area contributed by atoms with Gasteiger partial charge in [0, 0.05) is 14.2 Å². The van der Waals surface area contributed by atoms with Gasteiger partial charge < -0.3 is 14.8 Å². The standard InChI is InChI=1S/C17H19NO3/c1-12-7-9-14(10-8-12)21-15-6-4-5-13(11-15)16(20-3)17(19)18-2/h4-11,16H,1-3H3,(H,18,19). The normalized spacial score (nSPS) is 11.8. The van der Waals surface area contributed by atoms with Crippen LogP contribution in [0.1, 0.15) is 17.2 Å². The Morgan fingerprint density at radius 3 is 2.43 bits per heavy atom. The van der Waals surface area contributed by atoms with Crippen LogP contribution in [0.4, 0.5) is 0 Å². The van der Waals surface area contributed by atoms with Gasteiger partial charge in [0.1, 0.15) is 11.5 Å². The van der Waals surface area contributed by atoms with Gasteiger partial charge in [0.15, 0.2) is 6.10 Å². The molecule has 2 aromatic carbocycles. The predicted octanol–water partition coefficient (Wildman–Crippen LogP) is 3.22. The number of ether oxygens (including phenoxy) is 2. The lowest BCUT2D eigenvalue weighted by Crippen LogP contribution is -2.26. The van der Waals surface area contributed by atoms with Crippen molar-refractivity contribution in [1.82, 2.24) is 5.32 Å². The van der Waals surface area contributed by atoms with Crippen molar-refractivity contribution in [3.8, 4) is 11.5 Å². The summed E-state index contributed by atoms with van der Waals surface area (Å²) in [4.78, 5) is 11.8. The van der Waals surface area contributed by atoms with E-state index >= 15 is 0 Å². The van der Waals surface area contributed by atoms with E-state index in [0.29, 0.717) is 5.75 Å². The molecule has 0 aliphatic heterocycles. The topological polar surface area (TPSA) is 47.6 Å². The van der Waals surface area contributed by atoms with Crippen LogP contribution in [-0.4, -0.2) is 20.1 Å². The SMILES string of the molecule is CNC(=O)C(OC)c1cccc(Oc2ccc(C)cc2)c1. The fourth-order valence-corrected chi connectivity index (χ4v) is 2.01. The molecule has 0 saturated carbocycles. The molecule has 4 heteroatoms. The van der Waals surface area contributed by atoms with E-state index in [4.69, 9.17) is 9.47 Å². The van der Waals surface area contributed by atoms with E-state index in [1.165, 1.54) is 12.7 Å². The number of carbonyl (C=O) groups is 1. The zero-order valence-corrected chi connectivity index (χ0v) is 12.4. The second-order valence-corrected chi connectivity index (χ2v) is 4.72. The fourth-order valence-electron chi connectivity index (χ4n) is 2.01. The highest BCUT2D eigenvalue weighted by Gasteiger charge is 2.19. The number of benzene rings is 2. The lowest BCUT2D eigenvalue weighted by Gasteiger charge is -2.15. The molecule has 0 saturated heterocycles. The minimum Gasteiger partial charge on any atom is -0.457 e. The maximum atomic E-state index is 11.8. The van der Waals surface area contributed by atoms with Crippen molar-refractivity contribution < 1.29 is 14.3 Å². The Hall–Kier alpha value is -2.33. The summed E-state index contributed by atoms with van der Waals surface area (Å²) in [5.41, 5.74) is 1.93. The van der Waals surface area contributed by atoms with E-state index in [1.54, 1.807) is 7.05 Å². The van der Waals surface area contributed by atoms with Gasteiger partial charge in [-0.3, -0.25) is 4.79 Å². The smallest absolute Gasteiger partial charge is 0.253 e. The van der Waals surface area contributed by atoms with Gasteiger partial charge in [-0.1, -0.05) is 29.8 Å². The highest BCUT2D eigenvalue weighted by atomic mass is 16.5. The number of likely N-dealkylation sites (N-methyl/N-ethyl adjacent to an activating group) is 1. The number of amides is 1. The van der Waals surface area contributed by atoms with E-state index in [9.17, 15) is 4.79 Å². The van der Waals surface area contributed by atoms with Crippen molar-refractivity contribution in [2.24, 2.45) is 0 Å². The summed E-state index contributed by atoms with van der Waals surface area (Å²) in [6.07, 6.45) is -0.642. The second kappa shape index (κ2) is 6.90. The summed E-state index contributed by atoms with van der Waals surface area (Å²) >= 11 is 0. The molecule has 0 heterocycles. The molecule has 0 radical (unpaired) electrons. The van der Waals surface area contributed by atoms with Gasteiger partial charge >= 0.3 is 0 Å². The number of hydrogen-bond acceptors (Lipinski definition) is 3. The molecule has 1 unspecified atom stereocenters. The van der Waals surface area contributed by atoms with Crippen LogP contribution in [0.3, 0.4) is 0 Å². The van der Waals surface area contributed by atoms with Gasteiger partial charge in [-0.05, 0) is 36.8 Å². The first kappa shape index (κ1) is 15.1. The Labute approximate surface area is 124 Å². The van der Waals surface area contributed by atoms with E-state index in [-0.39, 0.29) is 5.91 Å². The molecule has 0 aliphatic carbocycles. The predicted molar refractivity (Wildman–Crippen MR) is 81.5 cm³/mol. The van der Waals surface area contributed by atoms with Gasteiger partial charge in [-0.2, -0.15) is 0 Å². The number of nitrogens with one attached hydrogen (secondary N) is 1. The number of rotatable bonds is 5.